The molecule has 6 heterocycles. The number of piperidine rings is 2. The van der Waals surface area contributed by atoms with Crippen molar-refractivity contribution in [1.29, 1.82) is 0 Å². The number of carbonyl (C=O) groups is 7. The van der Waals surface area contributed by atoms with Gasteiger partial charge in [0.05, 0.1) is 48.7 Å². The van der Waals surface area contributed by atoms with Gasteiger partial charge in [-0.05, 0) is 49.1 Å². The summed E-state index contributed by atoms with van der Waals surface area (Å²) in [4.78, 5) is 109. The number of piperazine rings is 1. The van der Waals surface area contributed by atoms with Gasteiger partial charge < -0.3 is 40.3 Å². The second kappa shape index (κ2) is 18.2. The first kappa shape index (κ1) is 42.1. The van der Waals surface area contributed by atoms with E-state index >= 15 is 0 Å². The van der Waals surface area contributed by atoms with E-state index in [1.807, 2.05) is 41.1 Å². The van der Waals surface area contributed by atoms with Crippen molar-refractivity contribution in [3.8, 4) is 0 Å². The zero-order chi connectivity index (χ0) is 43.5. The zero-order valence-electron chi connectivity index (χ0n) is 34.7. The maximum atomic E-state index is 13.3. The molecule has 5 aliphatic rings. The molecule has 8 rings (SSSR count). The Morgan fingerprint density at radius 1 is 0.903 bits per heavy atom. The molecule has 0 saturated carbocycles. The first-order valence-electron chi connectivity index (χ1n) is 21.2. The standard InChI is InChI=1S/C43H51N11O8/c1-49-16-21-53(43(49)61)29-4-3-15-52(26-29)34-25-46-38(39(44)57)32(47-34)24-27-7-9-28(10-8-27)50-17-19-51(20-18-50)36(56)13-22-62-23-14-45-31-6-2-5-30-37(31)42(60)54(41(30)59)33-11-12-35(55)48-40(33)58/h2,5-10,25,29,33,45H,3-4,11-24,26H2,1H3,(H2,44,57)(H,48,55,58)/t29-,33?/m1/s1. The highest BCUT2D eigenvalue weighted by atomic mass is 16.5. The Balaban J connectivity index is 0.774. The van der Waals surface area contributed by atoms with Gasteiger partial charge in [0, 0.05) is 90.2 Å². The van der Waals surface area contributed by atoms with Crippen LogP contribution in [0.15, 0.2) is 48.7 Å². The third kappa shape index (κ3) is 8.75. The minimum atomic E-state index is -1.04. The van der Waals surface area contributed by atoms with E-state index in [2.05, 4.69) is 25.4 Å². The van der Waals surface area contributed by atoms with Crippen molar-refractivity contribution in [2.24, 2.45) is 5.73 Å². The molecule has 1 unspecified atom stereocenters. The Morgan fingerprint density at radius 3 is 2.42 bits per heavy atom. The number of urea groups is 1. The molecule has 1 aromatic heterocycles. The summed E-state index contributed by atoms with van der Waals surface area (Å²) < 4.78 is 5.74. The van der Waals surface area contributed by atoms with Crippen LogP contribution in [0.4, 0.5) is 22.0 Å². The number of nitrogens with one attached hydrogen (secondary N) is 2. The summed E-state index contributed by atoms with van der Waals surface area (Å²) in [6.07, 6.45) is 4.14. The summed E-state index contributed by atoms with van der Waals surface area (Å²) in [5.41, 5.74) is 9.13. The average molecular weight is 850 g/mol. The van der Waals surface area contributed by atoms with Crippen molar-refractivity contribution < 1.29 is 38.3 Å². The number of fused-ring (bicyclic) bond motifs is 1. The number of imide groups is 2. The van der Waals surface area contributed by atoms with Crippen molar-refractivity contribution >= 4 is 58.7 Å². The van der Waals surface area contributed by atoms with Gasteiger partial charge in [0.25, 0.3) is 17.7 Å². The fraction of sp³-hybridized carbons (Fsp3) is 0.465. The lowest BCUT2D eigenvalue weighted by molar-refractivity contribution is -0.136. The Morgan fingerprint density at radius 2 is 1.69 bits per heavy atom. The average Bonchev–Trinajstić information content (AvgIpc) is 3.75. The van der Waals surface area contributed by atoms with Crippen LogP contribution in [0.25, 0.3) is 0 Å². The molecule has 4 N–H and O–H groups in total. The molecule has 4 saturated heterocycles. The van der Waals surface area contributed by atoms with Crippen molar-refractivity contribution in [1.82, 2.24) is 34.9 Å². The van der Waals surface area contributed by atoms with E-state index < -0.39 is 35.6 Å². The van der Waals surface area contributed by atoms with Crippen molar-refractivity contribution in [3.05, 3.63) is 76.7 Å². The highest BCUT2D eigenvalue weighted by Crippen LogP contribution is 2.32. The number of rotatable bonds is 14. The Hall–Kier alpha value is -6.63. The van der Waals surface area contributed by atoms with Crippen LogP contribution in [0.5, 0.6) is 0 Å². The van der Waals surface area contributed by atoms with Gasteiger partial charge in [-0.25, -0.2) is 14.8 Å². The quantitative estimate of drug-likeness (QED) is 0.153. The lowest BCUT2D eigenvalue weighted by atomic mass is 10.0. The molecule has 5 aliphatic heterocycles. The highest BCUT2D eigenvalue weighted by molar-refractivity contribution is 6.25. The minimum absolute atomic E-state index is 0.00251. The molecule has 3 aromatic rings. The molecule has 62 heavy (non-hydrogen) atoms. The summed E-state index contributed by atoms with van der Waals surface area (Å²) >= 11 is 0. The molecule has 19 heteroatoms. The van der Waals surface area contributed by atoms with Gasteiger partial charge in [0.2, 0.25) is 17.7 Å². The fourth-order valence-electron chi connectivity index (χ4n) is 8.89. The first-order chi connectivity index (χ1) is 30.0. The van der Waals surface area contributed by atoms with Gasteiger partial charge in [-0.3, -0.25) is 39.0 Å². The fourth-order valence-corrected chi connectivity index (χ4v) is 8.89. The highest BCUT2D eigenvalue weighted by Gasteiger charge is 2.45. The Kier molecular flexibility index (Phi) is 12.3. The lowest BCUT2D eigenvalue weighted by Crippen LogP contribution is -2.54. The summed E-state index contributed by atoms with van der Waals surface area (Å²) in [5, 5.41) is 5.34. The number of anilines is 3. The summed E-state index contributed by atoms with van der Waals surface area (Å²) in [5.74, 6) is -2.24. The first-order valence-corrected chi connectivity index (χ1v) is 21.2. The molecule has 8 amide bonds. The number of likely N-dealkylation sites (N-methyl/N-ethyl adjacent to an activating group) is 1. The number of carbonyl (C=O) groups excluding carboxylic acids is 7. The number of ether oxygens (including phenoxy) is 1. The third-order valence-electron chi connectivity index (χ3n) is 12.3. The molecular formula is C43H51N11O8. The van der Waals surface area contributed by atoms with Crippen LogP contribution in [0.3, 0.4) is 0 Å². The maximum Gasteiger partial charge on any atom is 0.320 e. The summed E-state index contributed by atoms with van der Waals surface area (Å²) in [7, 11) is 1.82. The smallest absolute Gasteiger partial charge is 0.320 e. The number of amides is 8. The largest absolute Gasteiger partial charge is 0.382 e. The Labute approximate surface area is 358 Å². The van der Waals surface area contributed by atoms with Crippen molar-refractivity contribution in [3.63, 3.8) is 0 Å². The number of nitrogens with zero attached hydrogens (tertiary/aromatic N) is 8. The van der Waals surface area contributed by atoms with E-state index in [0.29, 0.717) is 69.4 Å². The van der Waals surface area contributed by atoms with Crippen molar-refractivity contribution in [2.45, 2.75) is 50.6 Å². The maximum absolute atomic E-state index is 13.3. The number of hydrogen-bond acceptors (Lipinski definition) is 13. The number of primary amides is 1. The molecule has 19 nitrogen and oxygen atoms in total. The summed E-state index contributed by atoms with van der Waals surface area (Å²) in [6.45, 7) is 6.09. The van der Waals surface area contributed by atoms with Crippen LogP contribution in [-0.2, 0) is 25.5 Å². The number of nitrogens with two attached hydrogens (primary N) is 1. The van der Waals surface area contributed by atoms with E-state index in [1.54, 1.807) is 23.2 Å². The summed E-state index contributed by atoms with van der Waals surface area (Å²) in [6, 6.07) is 12.0. The van der Waals surface area contributed by atoms with Crippen LogP contribution >= 0.6 is 0 Å². The SMILES string of the molecule is CN1CCN([C@@H]2CCCN(c3cnc(C(N)=O)c(Cc4ccc(N5CCN(C(=O)CCOCCNc6cccc7c6C(=O)N(C6CCC(=O)NC6=O)C7=O)CC5)cc4)n3)C2)C1=O. The molecule has 0 bridgehead atoms. The van der Waals surface area contributed by atoms with Gasteiger partial charge in [0.15, 0.2) is 0 Å². The van der Waals surface area contributed by atoms with E-state index in [4.69, 9.17) is 15.5 Å². The van der Waals surface area contributed by atoms with Gasteiger partial charge in [-0.15, -0.1) is 0 Å². The van der Waals surface area contributed by atoms with Gasteiger partial charge in [0.1, 0.15) is 17.6 Å². The number of aromatic nitrogens is 2. The lowest BCUT2D eigenvalue weighted by Gasteiger charge is -2.37. The molecule has 0 aliphatic carbocycles. The van der Waals surface area contributed by atoms with E-state index in [0.717, 1.165) is 42.1 Å². The van der Waals surface area contributed by atoms with E-state index in [-0.39, 0.29) is 67.3 Å². The molecule has 2 aromatic carbocycles. The number of benzene rings is 2. The topological polar surface area (TPSA) is 224 Å². The Bertz CT molecular complexity index is 2260. The van der Waals surface area contributed by atoms with Gasteiger partial charge >= 0.3 is 6.03 Å². The van der Waals surface area contributed by atoms with Crippen LogP contribution < -0.4 is 26.2 Å². The predicted molar refractivity (Wildman–Crippen MR) is 226 cm³/mol. The molecule has 326 valence electrons. The minimum Gasteiger partial charge on any atom is -0.382 e. The zero-order valence-corrected chi connectivity index (χ0v) is 34.7. The van der Waals surface area contributed by atoms with Gasteiger partial charge in [-0.1, -0.05) is 18.2 Å². The van der Waals surface area contributed by atoms with E-state index in [1.165, 1.54) is 6.07 Å². The van der Waals surface area contributed by atoms with Gasteiger partial charge in [-0.2, -0.15) is 0 Å². The monoisotopic (exact) mass is 849 g/mol. The predicted octanol–water partition coefficient (Wildman–Crippen LogP) is 1.07. The van der Waals surface area contributed by atoms with Crippen molar-refractivity contribution in [2.75, 3.05) is 94.3 Å². The molecule has 0 radical (unpaired) electrons. The third-order valence-corrected chi connectivity index (χ3v) is 12.3. The molecule has 2 atom stereocenters. The molecular weight excluding hydrogens is 799 g/mol. The number of hydrogen-bond donors (Lipinski definition) is 3. The molecule has 0 spiro atoms. The van der Waals surface area contributed by atoms with E-state index in [9.17, 15) is 33.6 Å². The second-order valence-corrected chi connectivity index (χ2v) is 16.2. The van der Waals surface area contributed by atoms with Crippen LogP contribution in [0.1, 0.15) is 74.6 Å². The normalized spacial score (nSPS) is 20.6. The van der Waals surface area contributed by atoms with Crippen LogP contribution in [0.2, 0.25) is 0 Å². The molecule has 4 fully saturated rings. The second-order valence-electron chi connectivity index (χ2n) is 16.2. The van der Waals surface area contributed by atoms with Crippen LogP contribution in [0, 0.1) is 0 Å². The van der Waals surface area contributed by atoms with Crippen LogP contribution in [-0.4, -0.2) is 162 Å².